The van der Waals surface area contributed by atoms with Gasteiger partial charge in [-0.25, -0.2) is 4.79 Å². The van der Waals surface area contributed by atoms with E-state index in [1.807, 2.05) is 32.0 Å². The molecule has 1 aliphatic rings. The highest BCUT2D eigenvalue weighted by molar-refractivity contribution is 6.07. The van der Waals surface area contributed by atoms with Gasteiger partial charge in [-0.2, -0.15) is 0 Å². The van der Waals surface area contributed by atoms with Crippen molar-refractivity contribution in [3.05, 3.63) is 35.9 Å². The normalized spacial score (nSPS) is 23.1. The van der Waals surface area contributed by atoms with Gasteiger partial charge < -0.3 is 10.1 Å². The zero-order chi connectivity index (χ0) is 13.2. The van der Waals surface area contributed by atoms with Crippen molar-refractivity contribution >= 4 is 11.9 Å². The molecule has 96 valence electrons. The van der Waals surface area contributed by atoms with Crippen LogP contribution in [-0.4, -0.2) is 24.6 Å². The van der Waals surface area contributed by atoms with Crippen molar-refractivity contribution in [1.29, 1.82) is 0 Å². The number of amides is 3. The Labute approximate surface area is 106 Å². The fraction of sp³-hybridized carbons (Fsp3) is 0.385. The van der Waals surface area contributed by atoms with E-state index < -0.39 is 11.6 Å². The fourth-order valence-electron chi connectivity index (χ4n) is 1.89. The van der Waals surface area contributed by atoms with Gasteiger partial charge in [0.2, 0.25) is 0 Å². The molecule has 0 aliphatic carbocycles. The van der Waals surface area contributed by atoms with Gasteiger partial charge in [0.1, 0.15) is 0 Å². The summed E-state index contributed by atoms with van der Waals surface area (Å²) in [5, 5.41) is 4.93. The van der Waals surface area contributed by atoms with Crippen LogP contribution in [0.3, 0.4) is 0 Å². The average Bonchev–Trinajstić information content (AvgIpc) is 2.64. The third-order valence-electron chi connectivity index (χ3n) is 2.84. The highest BCUT2D eigenvalue weighted by Gasteiger charge is 2.48. The summed E-state index contributed by atoms with van der Waals surface area (Å²) in [4.78, 5) is 23.4. The number of carbonyl (C=O) groups is 2. The summed E-state index contributed by atoms with van der Waals surface area (Å²) >= 11 is 0. The van der Waals surface area contributed by atoms with Crippen LogP contribution in [0.15, 0.2) is 30.3 Å². The zero-order valence-corrected chi connectivity index (χ0v) is 10.4. The van der Waals surface area contributed by atoms with Gasteiger partial charge in [0.05, 0.1) is 12.7 Å². The second-order valence-electron chi connectivity index (χ2n) is 4.54. The molecule has 0 unspecified atom stereocenters. The van der Waals surface area contributed by atoms with Crippen LogP contribution in [0.2, 0.25) is 0 Å². The third kappa shape index (κ3) is 2.22. The lowest BCUT2D eigenvalue weighted by atomic mass is 9.91. The monoisotopic (exact) mass is 248 g/mol. The van der Waals surface area contributed by atoms with Crippen LogP contribution in [0.25, 0.3) is 0 Å². The number of rotatable bonds is 4. The molecule has 1 fully saturated rings. The highest BCUT2D eigenvalue weighted by atomic mass is 16.5. The minimum Gasteiger partial charge on any atom is -0.375 e. The molecule has 3 amide bonds. The number of carbonyl (C=O) groups excluding carboxylic acids is 2. The Bertz CT molecular complexity index is 459. The van der Waals surface area contributed by atoms with Crippen molar-refractivity contribution in [2.45, 2.75) is 25.5 Å². The number of imide groups is 1. The van der Waals surface area contributed by atoms with E-state index in [0.717, 1.165) is 0 Å². The van der Waals surface area contributed by atoms with Crippen LogP contribution >= 0.6 is 0 Å². The molecule has 1 aromatic rings. The van der Waals surface area contributed by atoms with Gasteiger partial charge in [0, 0.05) is 0 Å². The van der Waals surface area contributed by atoms with Crippen LogP contribution in [0, 0.1) is 0 Å². The van der Waals surface area contributed by atoms with E-state index in [4.69, 9.17) is 4.74 Å². The van der Waals surface area contributed by atoms with E-state index in [-0.39, 0.29) is 18.6 Å². The second kappa shape index (κ2) is 4.78. The average molecular weight is 248 g/mol. The van der Waals surface area contributed by atoms with Gasteiger partial charge in [-0.05, 0) is 19.4 Å². The highest BCUT2D eigenvalue weighted by Crippen LogP contribution is 2.25. The standard InChI is InChI=1S/C13H16N2O3/c1-9(2)18-8-13(10-6-4-3-5-7-10)11(16)14-12(17)15-13/h3-7,9H,8H2,1-2H3,(H2,14,15,16,17)/t13-/m1/s1. The fourth-order valence-corrected chi connectivity index (χ4v) is 1.89. The summed E-state index contributed by atoms with van der Waals surface area (Å²) < 4.78 is 5.53. The van der Waals surface area contributed by atoms with Crippen molar-refractivity contribution in [3.63, 3.8) is 0 Å². The topological polar surface area (TPSA) is 67.4 Å². The van der Waals surface area contributed by atoms with Crippen LogP contribution < -0.4 is 10.6 Å². The molecule has 1 aromatic carbocycles. The number of benzene rings is 1. The van der Waals surface area contributed by atoms with Crippen molar-refractivity contribution in [1.82, 2.24) is 10.6 Å². The first-order valence-corrected chi connectivity index (χ1v) is 5.85. The molecule has 1 aliphatic heterocycles. The van der Waals surface area contributed by atoms with E-state index in [2.05, 4.69) is 10.6 Å². The maximum Gasteiger partial charge on any atom is 0.322 e. The molecule has 0 radical (unpaired) electrons. The molecule has 0 bridgehead atoms. The van der Waals surface area contributed by atoms with Gasteiger partial charge in [0.25, 0.3) is 5.91 Å². The lowest BCUT2D eigenvalue weighted by Crippen LogP contribution is -2.48. The van der Waals surface area contributed by atoms with Crippen LogP contribution in [0.1, 0.15) is 19.4 Å². The molecule has 2 N–H and O–H groups in total. The van der Waals surface area contributed by atoms with Crippen LogP contribution in [-0.2, 0) is 15.1 Å². The Balaban J connectivity index is 2.34. The number of nitrogens with one attached hydrogen (secondary N) is 2. The number of ether oxygens (including phenoxy) is 1. The van der Waals surface area contributed by atoms with E-state index in [1.54, 1.807) is 12.1 Å². The summed E-state index contributed by atoms with van der Waals surface area (Å²) in [6, 6.07) is 8.61. The Morgan fingerprint density at radius 1 is 1.22 bits per heavy atom. The van der Waals surface area contributed by atoms with Gasteiger partial charge >= 0.3 is 6.03 Å². The first kappa shape index (κ1) is 12.6. The van der Waals surface area contributed by atoms with Crippen LogP contribution in [0.5, 0.6) is 0 Å². The maximum atomic E-state index is 12.0. The quantitative estimate of drug-likeness (QED) is 0.785. The summed E-state index contributed by atoms with van der Waals surface area (Å²) in [6.45, 7) is 3.88. The van der Waals surface area contributed by atoms with E-state index in [1.165, 1.54) is 0 Å². The lowest BCUT2D eigenvalue weighted by Gasteiger charge is -2.27. The molecular weight excluding hydrogens is 232 g/mol. The molecule has 2 rings (SSSR count). The zero-order valence-electron chi connectivity index (χ0n) is 10.4. The summed E-state index contributed by atoms with van der Waals surface area (Å²) in [6.07, 6.45) is -0.0177. The van der Waals surface area contributed by atoms with Crippen molar-refractivity contribution in [2.75, 3.05) is 6.61 Å². The number of hydrogen-bond donors (Lipinski definition) is 2. The third-order valence-corrected chi connectivity index (χ3v) is 2.84. The minimum absolute atomic E-state index is 0.0177. The van der Waals surface area contributed by atoms with Crippen molar-refractivity contribution in [2.24, 2.45) is 0 Å². The SMILES string of the molecule is CC(C)OC[C@]1(c2ccccc2)NC(=O)NC1=O. The molecule has 0 spiro atoms. The largest absolute Gasteiger partial charge is 0.375 e. The minimum atomic E-state index is -1.12. The Morgan fingerprint density at radius 3 is 2.39 bits per heavy atom. The van der Waals surface area contributed by atoms with Gasteiger partial charge in [-0.1, -0.05) is 30.3 Å². The van der Waals surface area contributed by atoms with Gasteiger partial charge in [0.15, 0.2) is 5.54 Å². The first-order chi connectivity index (χ1) is 8.54. The van der Waals surface area contributed by atoms with Crippen LogP contribution in [0.4, 0.5) is 4.79 Å². The molecule has 0 aromatic heterocycles. The predicted molar refractivity (Wildman–Crippen MR) is 65.9 cm³/mol. The number of urea groups is 1. The molecule has 1 saturated heterocycles. The van der Waals surface area contributed by atoms with E-state index in [0.29, 0.717) is 5.56 Å². The van der Waals surface area contributed by atoms with Gasteiger partial charge in [-0.15, -0.1) is 0 Å². The molecule has 18 heavy (non-hydrogen) atoms. The molecule has 1 heterocycles. The van der Waals surface area contributed by atoms with E-state index in [9.17, 15) is 9.59 Å². The lowest BCUT2D eigenvalue weighted by molar-refractivity contribution is -0.127. The molecule has 1 atom stereocenters. The summed E-state index contributed by atoms with van der Waals surface area (Å²) in [5.41, 5.74) is -0.406. The molecular formula is C13H16N2O3. The van der Waals surface area contributed by atoms with Crippen molar-refractivity contribution < 1.29 is 14.3 Å². The Kier molecular flexibility index (Phi) is 3.34. The van der Waals surface area contributed by atoms with Gasteiger partial charge in [-0.3, -0.25) is 10.1 Å². The Morgan fingerprint density at radius 2 is 1.89 bits per heavy atom. The summed E-state index contributed by atoms with van der Waals surface area (Å²) in [5.74, 6) is -0.376. The first-order valence-electron chi connectivity index (χ1n) is 5.85. The Hall–Kier alpha value is -1.88. The molecule has 5 nitrogen and oxygen atoms in total. The van der Waals surface area contributed by atoms with Crippen molar-refractivity contribution in [3.8, 4) is 0 Å². The maximum absolute atomic E-state index is 12.0. The second-order valence-corrected chi connectivity index (χ2v) is 4.54. The molecule has 0 saturated carbocycles. The molecule has 5 heteroatoms. The number of hydrogen-bond acceptors (Lipinski definition) is 3. The smallest absolute Gasteiger partial charge is 0.322 e. The summed E-state index contributed by atoms with van der Waals surface area (Å²) in [7, 11) is 0. The van der Waals surface area contributed by atoms with E-state index >= 15 is 0 Å². The predicted octanol–water partition coefficient (Wildman–Crippen LogP) is 1.15.